The van der Waals surface area contributed by atoms with Gasteiger partial charge < -0.3 is 10.2 Å². The number of nitrogens with one attached hydrogen (secondary N) is 1. The van der Waals surface area contributed by atoms with Crippen LogP contribution < -0.4 is 10.2 Å². The second-order valence-electron chi connectivity index (χ2n) is 8.19. The van der Waals surface area contributed by atoms with Crippen LogP contribution >= 0.6 is 0 Å². The first kappa shape index (κ1) is 22.4. The van der Waals surface area contributed by atoms with Gasteiger partial charge in [0.05, 0.1) is 10.8 Å². The maximum atomic E-state index is 13.2. The van der Waals surface area contributed by atoms with Crippen LogP contribution in [0.1, 0.15) is 31.2 Å². The Kier molecular flexibility index (Phi) is 6.57. The summed E-state index contributed by atoms with van der Waals surface area (Å²) < 4.78 is 40.2. The highest BCUT2D eigenvalue weighted by atomic mass is 32.2. The second-order valence-corrected chi connectivity index (χ2v) is 10.1. The highest BCUT2D eigenvalue weighted by Gasteiger charge is 2.33. The lowest BCUT2D eigenvalue weighted by molar-refractivity contribution is -0.126. The Bertz CT molecular complexity index is 1100. The van der Waals surface area contributed by atoms with Gasteiger partial charge in [0, 0.05) is 38.3 Å². The molecule has 32 heavy (non-hydrogen) atoms. The van der Waals surface area contributed by atoms with Gasteiger partial charge in [0.1, 0.15) is 5.82 Å². The van der Waals surface area contributed by atoms with Crippen molar-refractivity contribution in [3.05, 3.63) is 59.9 Å². The number of sulfonamides is 1. The average molecular weight is 460 g/mol. The summed E-state index contributed by atoms with van der Waals surface area (Å²) in [5, 5.41) is 2.90. The number of nitrogens with zero attached hydrogens (tertiary/aromatic N) is 2. The first-order chi connectivity index (χ1) is 15.3. The standard InChI is InChI=1S/C23H26FN3O4S/c24-19-8-10-21(11-9-19)32(30,31)26-12-2-5-18(16-26)23(29)25-15-17-4-1-6-20(14-17)27-13-3-7-22(27)28/h1,4,6,8-11,14,18H,2-3,5,7,12-13,15-16H2,(H,25,29)/t18-/m1/s1. The summed E-state index contributed by atoms with van der Waals surface area (Å²) in [5.41, 5.74) is 1.70. The van der Waals surface area contributed by atoms with Crippen molar-refractivity contribution in [2.45, 2.75) is 37.1 Å². The fourth-order valence-electron chi connectivity index (χ4n) is 4.22. The lowest BCUT2D eigenvalue weighted by atomic mass is 9.98. The van der Waals surface area contributed by atoms with E-state index in [0.29, 0.717) is 38.9 Å². The van der Waals surface area contributed by atoms with Gasteiger partial charge in [-0.05, 0) is 61.2 Å². The molecule has 0 unspecified atom stereocenters. The Labute approximate surface area is 187 Å². The number of carbonyl (C=O) groups is 2. The van der Waals surface area contributed by atoms with Gasteiger partial charge in [0.25, 0.3) is 0 Å². The van der Waals surface area contributed by atoms with Crippen molar-refractivity contribution in [1.82, 2.24) is 9.62 Å². The minimum Gasteiger partial charge on any atom is -0.352 e. The van der Waals surface area contributed by atoms with Crippen LogP contribution in [0.2, 0.25) is 0 Å². The number of carbonyl (C=O) groups excluding carboxylic acids is 2. The molecule has 1 N–H and O–H groups in total. The van der Waals surface area contributed by atoms with E-state index < -0.39 is 21.8 Å². The van der Waals surface area contributed by atoms with E-state index in [0.717, 1.165) is 29.8 Å². The minimum absolute atomic E-state index is 0.0215. The zero-order valence-electron chi connectivity index (χ0n) is 17.7. The molecule has 0 aliphatic carbocycles. The number of rotatable bonds is 6. The SMILES string of the molecule is O=C(NCc1cccc(N2CCCC2=O)c1)[C@@H]1CCCN(S(=O)(=O)c2ccc(F)cc2)C1. The Morgan fingerprint density at radius 3 is 2.59 bits per heavy atom. The maximum absolute atomic E-state index is 13.2. The van der Waals surface area contributed by atoms with Crippen molar-refractivity contribution >= 4 is 27.5 Å². The van der Waals surface area contributed by atoms with Crippen LogP contribution in [0, 0.1) is 11.7 Å². The van der Waals surface area contributed by atoms with Crippen LogP contribution in [0.4, 0.5) is 10.1 Å². The van der Waals surface area contributed by atoms with Crippen molar-refractivity contribution in [2.24, 2.45) is 5.92 Å². The fourth-order valence-corrected chi connectivity index (χ4v) is 5.74. The van der Waals surface area contributed by atoms with Gasteiger partial charge >= 0.3 is 0 Å². The molecule has 1 atom stereocenters. The quantitative estimate of drug-likeness (QED) is 0.720. The van der Waals surface area contributed by atoms with Crippen LogP contribution in [0.15, 0.2) is 53.4 Å². The third-order valence-electron chi connectivity index (χ3n) is 5.97. The topological polar surface area (TPSA) is 86.8 Å². The summed E-state index contributed by atoms with van der Waals surface area (Å²) in [7, 11) is -3.78. The molecule has 2 fully saturated rings. The summed E-state index contributed by atoms with van der Waals surface area (Å²) in [6.45, 7) is 1.42. The van der Waals surface area contributed by atoms with Crippen LogP contribution in [-0.4, -0.2) is 44.2 Å². The number of amides is 2. The van der Waals surface area contributed by atoms with Crippen molar-refractivity contribution in [2.75, 3.05) is 24.5 Å². The molecule has 170 valence electrons. The zero-order valence-corrected chi connectivity index (χ0v) is 18.5. The second kappa shape index (κ2) is 9.38. The molecule has 0 saturated carbocycles. The first-order valence-corrected chi connectivity index (χ1v) is 12.2. The van der Waals surface area contributed by atoms with E-state index in [1.807, 2.05) is 24.3 Å². The molecule has 4 rings (SSSR count). The van der Waals surface area contributed by atoms with Crippen LogP contribution in [0.5, 0.6) is 0 Å². The Balaban J connectivity index is 1.38. The predicted molar refractivity (Wildman–Crippen MR) is 118 cm³/mol. The van der Waals surface area contributed by atoms with Crippen LogP contribution in [0.3, 0.4) is 0 Å². The number of halogens is 1. The lowest BCUT2D eigenvalue weighted by Gasteiger charge is -2.31. The Morgan fingerprint density at radius 1 is 1.09 bits per heavy atom. The third-order valence-corrected chi connectivity index (χ3v) is 7.85. The summed E-state index contributed by atoms with van der Waals surface area (Å²) in [5.74, 6) is -1.05. The molecule has 2 aliphatic heterocycles. The molecule has 2 aliphatic rings. The van der Waals surface area contributed by atoms with Crippen molar-refractivity contribution in [3.8, 4) is 0 Å². The van der Waals surface area contributed by atoms with Crippen molar-refractivity contribution in [1.29, 1.82) is 0 Å². The molecular formula is C23H26FN3O4S. The summed E-state index contributed by atoms with van der Waals surface area (Å²) in [6, 6.07) is 12.2. The minimum atomic E-state index is -3.78. The smallest absolute Gasteiger partial charge is 0.243 e. The Morgan fingerprint density at radius 2 is 1.88 bits per heavy atom. The van der Waals surface area contributed by atoms with Gasteiger partial charge in [-0.2, -0.15) is 4.31 Å². The molecular weight excluding hydrogens is 433 g/mol. The van der Waals surface area contributed by atoms with E-state index in [1.165, 1.54) is 16.4 Å². The van der Waals surface area contributed by atoms with Crippen LogP contribution in [0.25, 0.3) is 0 Å². The number of hydrogen-bond donors (Lipinski definition) is 1. The Hall–Kier alpha value is -2.78. The number of anilines is 1. The van der Waals surface area contributed by atoms with E-state index in [-0.39, 0.29) is 23.3 Å². The van der Waals surface area contributed by atoms with E-state index >= 15 is 0 Å². The molecule has 2 aromatic rings. The molecule has 9 heteroatoms. The zero-order chi connectivity index (χ0) is 22.7. The highest BCUT2D eigenvalue weighted by molar-refractivity contribution is 7.89. The normalized spacial score (nSPS) is 19.8. The number of hydrogen-bond acceptors (Lipinski definition) is 4. The van der Waals surface area contributed by atoms with Gasteiger partial charge in [-0.3, -0.25) is 9.59 Å². The summed E-state index contributed by atoms with van der Waals surface area (Å²) in [6.07, 6.45) is 2.58. The number of benzene rings is 2. The van der Waals surface area contributed by atoms with Gasteiger partial charge in [0.15, 0.2) is 0 Å². The summed E-state index contributed by atoms with van der Waals surface area (Å²) in [4.78, 5) is 26.5. The van der Waals surface area contributed by atoms with Gasteiger partial charge in [-0.15, -0.1) is 0 Å². The maximum Gasteiger partial charge on any atom is 0.243 e. The molecule has 2 saturated heterocycles. The fraction of sp³-hybridized carbons (Fsp3) is 0.391. The molecule has 2 aromatic carbocycles. The molecule has 2 heterocycles. The molecule has 7 nitrogen and oxygen atoms in total. The predicted octanol–water partition coefficient (Wildman–Crippen LogP) is 2.67. The van der Waals surface area contributed by atoms with Gasteiger partial charge in [-0.25, -0.2) is 12.8 Å². The van der Waals surface area contributed by atoms with Crippen molar-refractivity contribution < 1.29 is 22.4 Å². The average Bonchev–Trinajstić information content (AvgIpc) is 3.24. The van der Waals surface area contributed by atoms with E-state index in [1.54, 1.807) is 4.90 Å². The van der Waals surface area contributed by atoms with Gasteiger partial charge in [-0.1, -0.05) is 12.1 Å². The molecule has 0 aromatic heterocycles. The van der Waals surface area contributed by atoms with E-state index in [9.17, 15) is 22.4 Å². The third kappa shape index (κ3) is 4.83. The van der Waals surface area contributed by atoms with E-state index in [2.05, 4.69) is 5.32 Å². The lowest BCUT2D eigenvalue weighted by Crippen LogP contribution is -2.45. The van der Waals surface area contributed by atoms with Gasteiger partial charge in [0.2, 0.25) is 21.8 Å². The summed E-state index contributed by atoms with van der Waals surface area (Å²) >= 11 is 0. The largest absolute Gasteiger partial charge is 0.352 e. The first-order valence-electron chi connectivity index (χ1n) is 10.8. The van der Waals surface area contributed by atoms with Crippen LogP contribution in [-0.2, 0) is 26.2 Å². The highest BCUT2D eigenvalue weighted by Crippen LogP contribution is 2.25. The monoisotopic (exact) mass is 459 g/mol. The molecule has 0 bridgehead atoms. The number of piperidine rings is 1. The molecule has 0 spiro atoms. The van der Waals surface area contributed by atoms with E-state index in [4.69, 9.17) is 0 Å². The molecule has 2 amide bonds. The van der Waals surface area contributed by atoms with Crippen molar-refractivity contribution in [3.63, 3.8) is 0 Å². The molecule has 0 radical (unpaired) electrons.